The van der Waals surface area contributed by atoms with Gasteiger partial charge in [0.15, 0.2) is 0 Å². The third kappa shape index (κ3) is 2.31. The van der Waals surface area contributed by atoms with E-state index in [0.717, 1.165) is 11.1 Å². The predicted molar refractivity (Wildman–Crippen MR) is 66.1 cm³/mol. The first kappa shape index (κ1) is 10.9. The van der Waals surface area contributed by atoms with Gasteiger partial charge in [0.1, 0.15) is 0 Å². The zero-order chi connectivity index (χ0) is 11.4. The van der Waals surface area contributed by atoms with Crippen LogP contribution in [0.15, 0.2) is 60.9 Å². The Balaban J connectivity index is 2.42. The normalized spacial score (nSPS) is 11.5. The Morgan fingerprint density at radius 3 is 2.00 bits per heavy atom. The average Bonchev–Trinajstić information content (AvgIpc) is 2.34. The zero-order valence-corrected chi connectivity index (χ0v) is 9.29. The third-order valence-electron chi connectivity index (χ3n) is 2.35. The summed E-state index contributed by atoms with van der Waals surface area (Å²) < 4.78 is 12.9. The Bertz CT molecular complexity index is 486. The zero-order valence-electron chi connectivity index (χ0n) is 8.53. The van der Waals surface area contributed by atoms with Gasteiger partial charge in [-0.1, -0.05) is 54.1 Å². The van der Waals surface area contributed by atoms with Crippen LogP contribution in [0, 0.1) is 0 Å². The summed E-state index contributed by atoms with van der Waals surface area (Å²) in [7, 11) is 0. The van der Waals surface area contributed by atoms with Crippen LogP contribution in [0.3, 0.4) is 0 Å². The Kier molecular flexibility index (Phi) is 3.37. The lowest BCUT2D eigenvalue weighted by Gasteiger charge is -2.06. The van der Waals surface area contributed by atoms with E-state index in [4.69, 9.17) is 11.6 Å². The van der Waals surface area contributed by atoms with Crippen molar-refractivity contribution in [3.8, 4) is 0 Å². The smallest absolute Gasteiger partial charge is 0.0951 e. The van der Waals surface area contributed by atoms with Crippen molar-refractivity contribution < 1.29 is 4.39 Å². The molecule has 0 radical (unpaired) electrons. The van der Waals surface area contributed by atoms with Gasteiger partial charge in [-0.2, -0.15) is 0 Å². The first-order valence-electron chi connectivity index (χ1n) is 4.93. The quantitative estimate of drug-likeness (QED) is 0.704. The van der Waals surface area contributed by atoms with Crippen LogP contribution in [-0.4, -0.2) is 0 Å². The highest BCUT2D eigenvalue weighted by molar-refractivity contribution is 6.30. The highest BCUT2D eigenvalue weighted by Gasteiger charge is 2.04. The molecule has 2 rings (SSSR count). The molecular weight excluding hydrogens is 223 g/mol. The predicted octanol–water partition coefficient (Wildman–Crippen LogP) is 4.70. The molecule has 0 aliphatic rings. The van der Waals surface area contributed by atoms with E-state index in [9.17, 15) is 4.39 Å². The van der Waals surface area contributed by atoms with Crippen LogP contribution in [0.25, 0.3) is 5.57 Å². The SMILES string of the molecule is FC=C(c1ccccc1)c1ccc(Cl)cc1. The summed E-state index contributed by atoms with van der Waals surface area (Å²) in [5.74, 6) is 0. The molecule has 0 bridgehead atoms. The maximum Gasteiger partial charge on any atom is 0.0951 e. The summed E-state index contributed by atoms with van der Waals surface area (Å²) in [5, 5.41) is 0.648. The van der Waals surface area contributed by atoms with E-state index >= 15 is 0 Å². The number of benzene rings is 2. The maximum atomic E-state index is 12.9. The standard InChI is InChI=1S/C14H10ClF/c15-13-8-6-12(7-9-13)14(10-16)11-4-2-1-3-5-11/h1-10H. The number of hydrogen-bond acceptors (Lipinski definition) is 0. The second-order valence-corrected chi connectivity index (χ2v) is 3.83. The summed E-state index contributed by atoms with van der Waals surface area (Å²) in [6.07, 6.45) is 0.624. The molecule has 0 saturated carbocycles. The fourth-order valence-electron chi connectivity index (χ4n) is 1.54. The van der Waals surface area contributed by atoms with Crippen LogP contribution >= 0.6 is 11.6 Å². The molecule has 0 aliphatic carbocycles. The summed E-state index contributed by atoms with van der Waals surface area (Å²) >= 11 is 5.79. The van der Waals surface area contributed by atoms with Crippen molar-refractivity contribution in [2.24, 2.45) is 0 Å². The average molecular weight is 233 g/mol. The van der Waals surface area contributed by atoms with E-state index < -0.39 is 0 Å². The van der Waals surface area contributed by atoms with Crippen molar-refractivity contribution in [1.82, 2.24) is 0 Å². The third-order valence-corrected chi connectivity index (χ3v) is 2.60. The summed E-state index contributed by atoms with van der Waals surface area (Å²) in [4.78, 5) is 0. The van der Waals surface area contributed by atoms with Gasteiger partial charge in [0.25, 0.3) is 0 Å². The second-order valence-electron chi connectivity index (χ2n) is 3.40. The minimum Gasteiger partial charge on any atom is -0.215 e. The Labute approximate surface area is 99.0 Å². The minimum absolute atomic E-state index is 0.567. The van der Waals surface area contributed by atoms with Gasteiger partial charge < -0.3 is 0 Å². The Morgan fingerprint density at radius 2 is 1.44 bits per heavy atom. The number of hydrogen-bond donors (Lipinski definition) is 0. The number of rotatable bonds is 2. The van der Waals surface area contributed by atoms with E-state index in [1.165, 1.54) is 0 Å². The summed E-state index contributed by atoms with van der Waals surface area (Å²) in [5.41, 5.74) is 2.24. The van der Waals surface area contributed by atoms with Crippen molar-refractivity contribution in [2.45, 2.75) is 0 Å². The Hall–Kier alpha value is -1.60. The first-order valence-corrected chi connectivity index (χ1v) is 5.31. The van der Waals surface area contributed by atoms with Crippen LogP contribution < -0.4 is 0 Å². The lowest BCUT2D eigenvalue weighted by atomic mass is 10.00. The van der Waals surface area contributed by atoms with E-state index in [2.05, 4.69) is 0 Å². The van der Waals surface area contributed by atoms with Gasteiger partial charge >= 0.3 is 0 Å². The van der Waals surface area contributed by atoms with Crippen molar-refractivity contribution in [3.05, 3.63) is 77.1 Å². The van der Waals surface area contributed by atoms with Crippen molar-refractivity contribution >= 4 is 17.2 Å². The van der Waals surface area contributed by atoms with E-state index in [0.29, 0.717) is 16.9 Å². The van der Waals surface area contributed by atoms with Crippen LogP contribution in [0.1, 0.15) is 11.1 Å². The highest BCUT2D eigenvalue weighted by Crippen LogP contribution is 2.24. The van der Waals surface area contributed by atoms with Crippen LogP contribution in [0.2, 0.25) is 5.02 Å². The molecule has 0 unspecified atom stereocenters. The summed E-state index contributed by atoms with van der Waals surface area (Å²) in [6.45, 7) is 0. The van der Waals surface area contributed by atoms with Gasteiger partial charge in [-0.25, -0.2) is 4.39 Å². The van der Waals surface area contributed by atoms with Gasteiger partial charge in [-0.15, -0.1) is 0 Å². The lowest BCUT2D eigenvalue weighted by Crippen LogP contribution is -1.86. The topological polar surface area (TPSA) is 0 Å². The molecule has 0 heterocycles. The molecule has 2 heteroatoms. The van der Waals surface area contributed by atoms with Gasteiger partial charge in [-0.05, 0) is 23.3 Å². The molecule has 0 amide bonds. The van der Waals surface area contributed by atoms with Gasteiger partial charge in [0, 0.05) is 10.6 Å². The van der Waals surface area contributed by atoms with Gasteiger partial charge in [0.05, 0.1) is 6.33 Å². The molecule has 0 fully saturated rings. The minimum atomic E-state index is 0.567. The first-order chi connectivity index (χ1) is 7.81. The van der Waals surface area contributed by atoms with Crippen LogP contribution in [0.5, 0.6) is 0 Å². The molecule has 0 aliphatic heterocycles. The maximum absolute atomic E-state index is 12.9. The lowest BCUT2D eigenvalue weighted by molar-refractivity contribution is 0.724. The van der Waals surface area contributed by atoms with E-state index in [1.54, 1.807) is 24.3 Å². The molecule has 80 valence electrons. The molecule has 0 spiro atoms. The van der Waals surface area contributed by atoms with Crippen LogP contribution in [-0.2, 0) is 0 Å². The fraction of sp³-hybridized carbons (Fsp3) is 0. The monoisotopic (exact) mass is 232 g/mol. The van der Waals surface area contributed by atoms with E-state index in [1.807, 2.05) is 30.3 Å². The molecule has 0 N–H and O–H groups in total. The van der Waals surface area contributed by atoms with Gasteiger partial charge in [0.2, 0.25) is 0 Å². The molecule has 0 saturated heterocycles. The molecule has 0 nitrogen and oxygen atoms in total. The molecule has 2 aromatic rings. The molecule has 0 aromatic heterocycles. The largest absolute Gasteiger partial charge is 0.215 e. The highest BCUT2D eigenvalue weighted by atomic mass is 35.5. The van der Waals surface area contributed by atoms with Crippen molar-refractivity contribution in [2.75, 3.05) is 0 Å². The summed E-state index contributed by atoms with van der Waals surface area (Å²) in [6, 6.07) is 16.5. The van der Waals surface area contributed by atoms with E-state index in [-0.39, 0.29) is 0 Å². The molecular formula is C14H10ClF. The molecule has 0 atom stereocenters. The fourth-order valence-corrected chi connectivity index (χ4v) is 1.67. The molecule has 16 heavy (non-hydrogen) atoms. The van der Waals surface area contributed by atoms with Crippen molar-refractivity contribution in [1.29, 1.82) is 0 Å². The van der Waals surface area contributed by atoms with Crippen LogP contribution in [0.4, 0.5) is 4.39 Å². The molecule has 2 aromatic carbocycles. The second kappa shape index (κ2) is 4.95. The van der Waals surface area contributed by atoms with Gasteiger partial charge in [-0.3, -0.25) is 0 Å². The Morgan fingerprint density at radius 1 is 0.875 bits per heavy atom. The van der Waals surface area contributed by atoms with Crippen molar-refractivity contribution in [3.63, 3.8) is 0 Å². The number of halogens is 2.